The van der Waals surface area contributed by atoms with Crippen molar-refractivity contribution in [3.63, 3.8) is 0 Å². The molecule has 0 atom stereocenters. The number of aromatic nitrogens is 1. The number of anilines is 1. The van der Waals surface area contributed by atoms with Crippen LogP contribution in [0.2, 0.25) is 0 Å². The Morgan fingerprint density at radius 1 is 1.00 bits per heavy atom. The minimum absolute atomic E-state index is 0.0386. The lowest BCUT2D eigenvalue weighted by molar-refractivity contribution is -0.293. The second-order valence-corrected chi connectivity index (χ2v) is 12.0. The maximum atomic E-state index is 15.3. The zero-order valence-electron chi connectivity index (χ0n) is 21.8. The smallest absolute Gasteiger partial charge is 0.341 e. The Balaban J connectivity index is 1.37. The van der Waals surface area contributed by atoms with Gasteiger partial charge < -0.3 is 19.5 Å². The summed E-state index contributed by atoms with van der Waals surface area (Å²) in [5.41, 5.74) is -1.42. The molecule has 3 aliphatic rings. The van der Waals surface area contributed by atoms with Gasteiger partial charge in [-0.15, -0.1) is 10.3 Å². The summed E-state index contributed by atoms with van der Waals surface area (Å²) >= 11 is 0. The van der Waals surface area contributed by atoms with Crippen LogP contribution in [-0.4, -0.2) is 68.8 Å². The number of hydrogen-bond acceptors (Lipinski definition) is 5. The second-order valence-electron chi connectivity index (χ2n) is 12.0. The number of rotatable bonds is 4. The maximum Gasteiger partial charge on any atom is 0.341 e. The van der Waals surface area contributed by atoms with Gasteiger partial charge in [0, 0.05) is 60.8 Å². The van der Waals surface area contributed by atoms with Gasteiger partial charge in [-0.25, -0.2) is 9.18 Å². The molecule has 1 aromatic carbocycles. The van der Waals surface area contributed by atoms with E-state index in [0.29, 0.717) is 50.2 Å². The molecule has 37 heavy (non-hydrogen) atoms. The van der Waals surface area contributed by atoms with Crippen molar-refractivity contribution in [1.82, 2.24) is 14.5 Å². The molecule has 199 valence electrons. The summed E-state index contributed by atoms with van der Waals surface area (Å²) in [5.74, 6) is -2.10. The van der Waals surface area contributed by atoms with Crippen molar-refractivity contribution in [3.8, 4) is 0 Å². The highest BCUT2D eigenvalue weighted by atomic mass is 19.1. The fourth-order valence-electron chi connectivity index (χ4n) is 6.27. The first kappa shape index (κ1) is 25.7. The lowest BCUT2D eigenvalue weighted by Crippen LogP contribution is -2.61. The predicted octanol–water partition coefficient (Wildman–Crippen LogP) is 3.44. The number of carboxylic acids is 1. The van der Waals surface area contributed by atoms with Crippen LogP contribution in [0.15, 0.2) is 23.1 Å². The number of pyridine rings is 1. The third-order valence-electron chi connectivity index (χ3n) is 8.14. The summed E-state index contributed by atoms with van der Waals surface area (Å²) in [7, 11) is 0. The number of hydrogen-bond donors (Lipinski definition) is 1. The van der Waals surface area contributed by atoms with Crippen LogP contribution in [0.4, 0.5) is 10.1 Å². The average Bonchev–Trinajstić information content (AvgIpc) is 3.67. The van der Waals surface area contributed by atoms with Gasteiger partial charge in [0.1, 0.15) is 11.4 Å². The number of carbonyl (C=O) groups is 2. The molecule has 1 aromatic heterocycles. The third kappa shape index (κ3) is 4.50. The van der Waals surface area contributed by atoms with Crippen molar-refractivity contribution in [3.05, 3.63) is 39.9 Å². The molecule has 3 fully saturated rings. The van der Waals surface area contributed by atoms with E-state index < -0.39 is 28.3 Å². The molecule has 0 spiro atoms. The van der Waals surface area contributed by atoms with Crippen LogP contribution < -0.4 is 10.3 Å². The summed E-state index contributed by atoms with van der Waals surface area (Å²) in [6.45, 7) is 9.24. The minimum Gasteiger partial charge on any atom is -0.477 e. The normalized spacial score (nSPS) is 22.4. The highest BCUT2D eigenvalue weighted by Gasteiger charge is 2.49. The minimum atomic E-state index is -1.32. The van der Waals surface area contributed by atoms with E-state index >= 15 is 4.39 Å². The largest absolute Gasteiger partial charge is 0.477 e. The molecule has 1 amide bonds. The zero-order valence-corrected chi connectivity index (χ0v) is 21.8. The van der Waals surface area contributed by atoms with Crippen LogP contribution in [0.3, 0.4) is 0 Å². The first-order valence-electron chi connectivity index (χ1n) is 12.9. The Bertz CT molecular complexity index is 1310. The van der Waals surface area contributed by atoms with E-state index in [-0.39, 0.29) is 28.8 Å². The van der Waals surface area contributed by atoms with Gasteiger partial charge in [0.2, 0.25) is 11.3 Å². The van der Waals surface area contributed by atoms with Crippen molar-refractivity contribution >= 4 is 28.5 Å². The summed E-state index contributed by atoms with van der Waals surface area (Å²) in [5, 5.41) is 23.3. The highest BCUT2D eigenvalue weighted by molar-refractivity contribution is 5.93. The monoisotopic (exact) mass is 513 g/mol. The van der Waals surface area contributed by atoms with Gasteiger partial charge >= 0.3 is 5.97 Å². The fraction of sp³-hybridized carbons (Fsp3) is 0.593. The number of aromatic carboxylic acids is 1. The van der Waals surface area contributed by atoms with Crippen LogP contribution in [-0.2, 0) is 10.0 Å². The van der Waals surface area contributed by atoms with Gasteiger partial charge in [-0.2, -0.15) is 0 Å². The van der Waals surface area contributed by atoms with Gasteiger partial charge in [-0.05, 0) is 65.5 Å². The number of benzene rings is 1. The molecule has 9 nitrogen and oxygen atoms in total. The average molecular weight is 514 g/mol. The number of piperazine rings is 1. The van der Waals surface area contributed by atoms with Gasteiger partial charge in [0.15, 0.2) is 0 Å². The Labute approximate surface area is 215 Å². The molecule has 10 heteroatoms. The standard InChI is InChI=1S/C27H34FN4O5/c1-26(2)13-16(14-27(3,4)32(26)37)24(34)30-9-7-29(8-10-30)22-12-21-18(11-20(22)28)23(33)19(25(35)36)15-31(21)17-5-6-17/h11-12,15-17H,5-10,13-14H2,1-4H3,(H,35,36). The van der Waals surface area contributed by atoms with Gasteiger partial charge in [0.25, 0.3) is 0 Å². The number of amides is 1. The van der Waals surface area contributed by atoms with Crippen molar-refractivity contribution < 1.29 is 24.3 Å². The summed E-state index contributed by atoms with van der Waals surface area (Å²) < 4.78 is 17.1. The van der Waals surface area contributed by atoms with Crippen molar-refractivity contribution in [2.75, 3.05) is 31.1 Å². The lowest BCUT2D eigenvalue weighted by atomic mass is 9.74. The SMILES string of the molecule is CC1(C)CC(C(=O)N2CCN(c3cc4c(cc3F)c(=O)c(C(=O)O)cn4C3CC3)CC2)CC(C)(C)N1[O]. The molecule has 1 saturated carbocycles. The number of halogens is 1. The van der Waals surface area contributed by atoms with E-state index in [4.69, 9.17) is 0 Å². The van der Waals surface area contributed by atoms with E-state index in [1.54, 1.807) is 10.6 Å². The first-order valence-corrected chi connectivity index (χ1v) is 12.9. The summed E-state index contributed by atoms with van der Waals surface area (Å²) in [6.07, 6.45) is 4.12. The highest BCUT2D eigenvalue weighted by Crippen LogP contribution is 2.41. The van der Waals surface area contributed by atoms with Gasteiger partial charge in [-0.3, -0.25) is 9.59 Å². The fourth-order valence-corrected chi connectivity index (χ4v) is 6.27. The quantitative estimate of drug-likeness (QED) is 0.672. The molecular formula is C27H34FN4O5. The second kappa shape index (κ2) is 8.80. The Morgan fingerprint density at radius 3 is 2.14 bits per heavy atom. The Morgan fingerprint density at radius 2 is 1.59 bits per heavy atom. The van der Waals surface area contributed by atoms with Gasteiger partial charge in [-0.1, -0.05) is 0 Å². The number of carboxylic acid groups (broad SMARTS) is 1. The topological polar surface area (TPSA) is 106 Å². The van der Waals surface area contributed by atoms with Crippen molar-refractivity contribution in [1.29, 1.82) is 0 Å². The van der Waals surface area contributed by atoms with Crippen LogP contribution >= 0.6 is 0 Å². The molecule has 0 unspecified atom stereocenters. The van der Waals surface area contributed by atoms with Crippen molar-refractivity contribution in [2.24, 2.45) is 5.92 Å². The third-order valence-corrected chi connectivity index (χ3v) is 8.14. The van der Waals surface area contributed by atoms with E-state index in [2.05, 4.69) is 0 Å². The van der Waals surface area contributed by atoms with E-state index in [1.165, 1.54) is 6.20 Å². The molecule has 3 heterocycles. The van der Waals surface area contributed by atoms with E-state index in [1.807, 2.05) is 37.5 Å². The molecule has 2 aromatic rings. The summed E-state index contributed by atoms with van der Waals surface area (Å²) in [6, 6.07) is 2.89. The molecule has 0 bridgehead atoms. The van der Waals surface area contributed by atoms with Crippen LogP contribution in [0.1, 0.15) is 69.8 Å². The number of hydroxylamine groups is 2. The maximum absolute atomic E-state index is 15.3. The predicted molar refractivity (Wildman–Crippen MR) is 136 cm³/mol. The zero-order chi connectivity index (χ0) is 26.9. The Kier molecular flexibility index (Phi) is 6.10. The molecule has 2 saturated heterocycles. The van der Waals surface area contributed by atoms with Crippen LogP contribution in [0, 0.1) is 11.7 Å². The molecule has 1 aliphatic carbocycles. The number of fused-ring (bicyclic) bond motifs is 1. The Hall–Kier alpha value is -2.98. The van der Waals surface area contributed by atoms with E-state index in [0.717, 1.165) is 24.0 Å². The molecule has 1 radical (unpaired) electrons. The molecule has 2 aliphatic heterocycles. The summed E-state index contributed by atoms with van der Waals surface area (Å²) in [4.78, 5) is 41.4. The molecule has 1 N–H and O–H groups in total. The van der Waals surface area contributed by atoms with Crippen LogP contribution in [0.25, 0.3) is 10.9 Å². The lowest BCUT2D eigenvalue weighted by Gasteiger charge is -2.50. The van der Waals surface area contributed by atoms with E-state index in [9.17, 15) is 24.7 Å². The number of carbonyl (C=O) groups excluding carboxylic acids is 1. The molecule has 5 rings (SSSR count). The molecular weight excluding hydrogens is 479 g/mol. The van der Waals surface area contributed by atoms with Crippen LogP contribution in [0.5, 0.6) is 0 Å². The number of piperidine rings is 1. The number of nitrogens with zero attached hydrogens (tertiary/aromatic N) is 4. The van der Waals surface area contributed by atoms with Crippen molar-refractivity contribution in [2.45, 2.75) is 70.5 Å². The van der Waals surface area contributed by atoms with Gasteiger partial charge in [0.05, 0.1) is 11.2 Å². The first-order chi connectivity index (χ1) is 17.3.